The van der Waals surface area contributed by atoms with Gasteiger partial charge >= 0.3 is 0 Å². The zero-order chi connectivity index (χ0) is 24.0. The second-order valence-electron chi connectivity index (χ2n) is 9.22. The molecule has 1 aromatic carbocycles. The number of nitrogens with one attached hydrogen (secondary N) is 1. The van der Waals surface area contributed by atoms with Gasteiger partial charge in [0.15, 0.2) is 0 Å². The van der Waals surface area contributed by atoms with Gasteiger partial charge in [0.2, 0.25) is 15.9 Å². The van der Waals surface area contributed by atoms with Crippen LogP contribution in [0.2, 0.25) is 0 Å². The molecular formula is C25H35N5O3S. The van der Waals surface area contributed by atoms with Gasteiger partial charge in [-0.25, -0.2) is 8.42 Å². The second kappa shape index (κ2) is 11.4. The molecule has 0 unspecified atom stereocenters. The number of amides is 1. The minimum atomic E-state index is -3.57. The van der Waals surface area contributed by atoms with E-state index in [1.54, 1.807) is 29.4 Å². The molecule has 1 amide bonds. The standard InChI is InChI=1S/C25H35N5O3S/c1-21-9-10-22(18-24(21)34(32,33)30-12-6-2-3-7-13-30)27-25(31)20-29-16-14-28(15-17-29)19-23-8-4-5-11-26-23/h4-5,8-11,18H,2-3,6-7,12-17,19-20H2,1H3,(H,27,31). The lowest BCUT2D eigenvalue weighted by Crippen LogP contribution is -2.48. The summed E-state index contributed by atoms with van der Waals surface area (Å²) >= 11 is 0. The topological polar surface area (TPSA) is 85.9 Å². The van der Waals surface area contributed by atoms with Crippen LogP contribution in [0.1, 0.15) is 36.9 Å². The lowest BCUT2D eigenvalue weighted by molar-refractivity contribution is -0.117. The number of anilines is 1. The fourth-order valence-corrected chi connectivity index (χ4v) is 6.37. The summed E-state index contributed by atoms with van der Waals surface area (Å²) in [7, 11) is -3.57. The van der Waals surface area contributed by atoms with Crippen molar-refractivity contribution in [3.05, 3.63) is 53.9 Å². The third kappa shape index (κ3) is 6.41. The van der Waals surface area contributed by atoms with E-state index in [1.807, 2.05) is 24.4 Å². The van der Waals surface area contributed by atoms with E-state index in [4.69, 9.17) is 0 Å². The van der Waals surface area contributed by atoms with Crippen LogP contribution in [0, 0.1) is 6.92 Å². The number of hydrogen-bond donors (Lipinski definition) is 1. The molecular weight excluding hydrogens is 450 g/mol. The van der Waals surface area contributed by atoms with Crippen LogP contribution in [0.5, 0.6) is 0 Å². The number of piperazine rings is 1. The number of carbonyl (C=O) groups is 1. The molecule has 2 fully saturated rings. The summed E-state index contributed by atoms with van der Waals surface area (Å²) in [4.78, 5) is 21.9. The fraction of sp³-hybridized carbons (Fsp3) is 0.520. The average Bonchev–Trinajstić information content (AvgIpc) is 3.13. The predicted molar refractivity (Wildman–Crippen MR) is 133 cm³/mol. The minimum absolute atomic E-state index is 0.125. The van der Waals surface area contributed by atoms with Crippen molar-refractivity contribution in [3.63, 3.8) is 0 Å². The van der Waals surface area contributed by atoms with Crippen molar-refractivity contribution in [3.8, 4) is 0 Å². The van der Waals surface area contributed by atoms with Crippen LogP contribution < -0.4 is 5.32 Å². The van der Waals surface area contributed by atoms with Crippen LogP contribution in [0.25, 0.3) is 0 Å². The Labute approximate surface area is 203 Å². The molecule has 34 heavy (non-hydrogen) atoms. The van der Waals surface area contributed by atoms with Gasteiger partial charge in [-0.15, -0.1) is 0 Å². The van der Waals surface area contributed by atoms with E-state index >= 15 is 0 Å². The molecule has 0 bridgehead atoms. The van der Waals surface area contributed by atoms with Crippen LogP contribution in [-0.4, -0.2) is 79.2 Å². The molecule has 0 atom stereocenters. The summed E-state index contributed by atoms with van der Waals surface area (Å²) in [5, 5.41) is 2.91. The van der Waals surface area contributed by atoms with Crippen LogP contribution >= 0.6 is 0 Å². The maximum atomic E-state index is 13.3. The van der Waals surface area contributed by atoms with Crippen LogP contribution in [0.15, 0.2) is 47.5 Å². The maximum absolute atomic E-state index is 13.3. The lowest BCUT2D eigenvalue weighted by Gasteiger charge is -2.34. The number of rotatable bonds is 7. The maximum Gasteiger partial charge on any atom is 0.243 e. The Bertz CT molecular complexity index is 1060. The third-order valence-corrected chi connectivity index (χ3v) is 8.64. The Morgan fingerprint density at radius 2 is 1.65 bits per heavy atom. The molecule has 2 aromatic rings. The lowest BCUT2D eigenvalue weighted by atomic mass is 10.2. The monoisotopic (exact) mass is 485 g/mol. The molecule has 0 spiro atoms. The van der Waals surface area contributed by atoms with E-state index in [-0.39, 0.29) is 10.8 Å². The van der Waals surface area contributed by atoms with Gasteiger partial charge in [0, 0.05) is 57.7 Å². The minimum Gasteiger partial charge on any atom is -0.325 e. The fourth-order valence-electron chi connectivity index (χ4n) is 4.61. The Kier molecular flexibility index (Phi) is 8.31. The second-order valence-corrected chi connectivity index (χ2v) is 11.1. The Morgan fingerprint density at radius 3 is 2.32 bits per heavy atom. The normalized spacial score (nSPS) is 19.0. The van der Waals surface area contributed by atoms with Gasteiger partial charge in [0.25, 0.3) is 0 Å². The molecule has 8 nitrogen and oxygen atoms in total. The highest BCUT2D eigenvalue weighted by atomic mass is 32.2. The van der Waals surface area contributed by atoms with Crippen molar-refractivity contribution >= 4 is 21.6 Å². The van der Waals surface area contributed by atoms with Crippen molar-refractivity contribution in [1.29, 1.82) is 0 Å². The van der Waals surface area contributed by atoms with Crippen molar-refractivity contribution in [1.82, 2.24) is 19.1 Å². The first kappa shape index (κ1) is 24.8. The molecule has 0 aliphatic carbocycles. The number of aromatic nitrogens is 1. The van der Waals surface area contributed by atoms with Crippen molar-refractivity contribution in [2.45, 2.75) is 44.0 Å². The first-order chi connectivity index (χ1) is 16.4. The van der Waals surface area contributed by atoms with Crippen LogP contribution in [0.3, 0.4) is 0 Å². The number of aryl methyl sites for hydroxylation is 1. The predicted octanol–water partition coefficient (Wildman–Crippen LogP) is 2.71. The number of nitrogens with zero attached hydrogens (tertiary/aromatic N) is 4. The number of hydrogen-bond acceptors (Lipinski definition) is 6. The molecule has 2 aliphatic rings. The molecule has 3 heterocycles. The molecule has 0 saturated carbocycles. The van der Waals surface area contributed by atoms with E-state index in [0.29, 0.717) is 30.9 Å². The van der Waals surface area contributed by atoms with E-state index in [9.17, 15) is 13.2 Å². The number of benzene rings is 1. The van der Waals surface area contributed by atoms with Gasteiger partial charge in [0.1, 0.15) is 0 Å². The summed E-state index contributed by atoms with van der Waals surface area (Å²) in [6, 6.07) is 11.1. The molecule has 2 saturated heterocycles. The van der Waals surface area contributed by atoms with E-state index in [1.165, 1.54) is 0 Å². The average molecular weight is 486 g/mol. The number of carbonyl (C=O) groups excluding carboxylic acids is 1. The van der Waals surface area contributed by atoms with Crippen molar-refractivity contribution in [2.75, 3.05) is 51.1 Å². The summed E-state index contributed by atoms with van der Waals surface area (Å²) in [5.74, 6) is -0.125. The van der Waals surface area contributed by atoms with Crippen LogP contribution in [0.4, 0.5) is 5.69 Å². The summed E-state index contributed by atoms with van der Waals surface area (Å²) in [5.41, 5.74) is 2.28. The quantitative estimate of drug-likeness (QED) is 0.649. The van der Waals surface area contributed by atoms with E-state index in [2.05, 4.69) is 20.1 Å². The highest BCUT2D eigenvalue weighted by Gasteiger charge is 2.27. The Balaban J connectivity index is 1.32. The Morgan fingerprint density at radius 1 is 0.941 bits per heavy atom. The van der Waals surface area contributed by atoms with Gasteiger partial charge in [0.05, 0.1) is 17.1 Å². The molecule has 2 aliphatic heterocycles. The van der Waals surface area contributed by atoms with Crippen molar-refractivity contribution < 1.29 is 13.2 Å². The highest BCUT2D eigenvalue weighted by Crippen LogP contribution is 2.26. The largest absolute Gasteiger partial charge is 0.325 e. The van der Waals surface area contributed by atoms with Gasteiger partial charge in [-0.05, 0) is 49.6 Å². The zero-order valence-corrected chi connectivity index (χ0v) is 20.8. The van der Waals surface area contributed by atoms with Gasteiger partial charge in [-0.3, -0.25) is 19.6 Å². The van der Waals surface area contributed by atoms with Gasteiger partial charge in [-0.1, -0.05) is 25.0 Å². The molecule has 184 valence electrons. The van der Waals surface area contributed by atoms with Crippen LogP contribution in [-0.2, 0) is 21.4 Å². The van der Waals surface area contributed by atoms with E-state index in [0.717, 1.165) is 64.1 Å². The molecule has 4 rings (SSSR count). The van der Waals surface area contributed by atoms with Gasteiger partial charge in [-0.2, -0.15) is 4.31 Å². The molecule has 1 aromatic heterocycles. The smallest absolute Gasteiger partial charge is 0.243 e. The number of pyridine rings is 1. The SMILES string of the molecule is Cc1ccc(NC(=O)CN2CCN(Cc3ccccn3)CC2)cc1S(=O)(=O)N1CCCCCC1. The zero-order valence-electron chi connectivity index (χ0n) is 19.9. The summed E-state index contributed by atoms with van der Waals surface area (Å²) < 4.78 is 28.1. The molecule has 1 N–H and O–H groups in total. The third-order valence-electron chi connectivity index (χ3n) is 6.60. The summed E-state index contributed by atoms with van der Waals surface area (Å²) in [6.45, 7) is 7.42. The first-order valence-electron chi connectivity index (χ1n) is 12.2. The van der Waals surface area contributed by atoms with Crippen molar-refractivity contribution in [2.24, 2.45) is 0 Å². The Hall–Kier alpha value is -2.33. The number of sulfonamides is 1. The van der Waals surface area contributed by atoms with E-state index < -0.39 is 10.0 Å². The summed E-state index contributed by atoms with van der Waals surface area (Å²) in [6.07, 6.45) is 5.73. The molecule has 0 radical (unpaired) electrons. The first-order valence-corrected chi connectivity index (χ1v) is 13.6. The highest BCUT2D eigenvalue weighted by molar-refractivity contribution is 7.89. The van der Waals surface area contributed by atoms with Gasteiger partial charge < -0.3 is 5.32 Å². The molecule has 9 heteroatoms.